The highest BCUT2D eigenvalue weighted by molar-refractivity contribution is 7.80. The van der Waals surface area contributed by atoms with Crippen molar-refractivity contribution in [1.82, 2.24) is 10.6 Å². The molecular weight excluding hydrogens is 418 g/mol. The van der Waals surface area contributed by atoms with E-state index in [1.807, 2.05) is 47.4 Å². The van der Waals surface area contributed by atoms with E-state index >= 15 is 0 Å². The number of benzene rings is 2. The molecule has 2 aliphatic heterocycles. The third-order valence-corrected chi connectivity index (χ3v) is 6.44. The minimum absolute atomic E-state index is 0.133. The summed E-state index contributed by atoms with van der Waals surface area (Å²) in [6, 6.07) is 14.1. The maximum absolute atomic E-state index is 13.2. The van der Waals surface area contributed by atoms with Crippen molar-refractivity contribution in [3.05, 3.63) is 54.1 Å². The van der Waals surface area contributed by atoms with E-state index in [1.54, 1.807) is 6.07 Å². The van der Waals surface area contributed by atoms with Crippen LogP contribution in [0.3, 0.4) is 0 Å². The van der Waals surface area contributed by atoms with Crippen molar-refractivity contribution in [1.29, 1.82) is 0 Å². The van der Waals surface area contributed by atoms with Crippen LogP contribution in [0.5, 0.6) is 11.5 Å². The summed E-state index contributed by atoms with van der Waals surface area (Å²) in [7, 11) is 0. The Labute approximate surface area is 184 Å². The van der Waals surface area contributed by atoms with E-state index < -0.39 is 30.2 Å². The second-order valence-corrected chi connectivity index (χ2v) is 8.36. The number of nitrogens with zero attached hydrogens (tertiary/aromatic N) is 1. The summed E-state index contributed by atoms with van der Waals surface area (Å²) in [5.74, 6) is 0.479. The van der Waals surface area contributed by atoms with Crippen LogP contribution in [0.2, 0.25) is 0 Å². The number of carbonyl (C=O) groups excluding carboxylic acids is 1. The van der Waals surface area contributed by atoms with E-state index in [9.17, 15) is 15.0 Å². The third-order valence-electron chi connectivity index (χ3n) is 6.13. The zero-order chi connectivity index (χ0) is 21.5. The molecule has 162 valence electrons. The number of nitrogens with one attached hydrogen (secondary N) is 2. The number of anilines is 1. The minimum atomic E-state index is -1.04. The maximum Gasteiger partial charge on any atom is 0.231 e. The molecule has 0 spiro atoms. The van der Waals surface area contributed by atoms with Crippen molar-refractivity contribution in [3.8, 4) is 11.5 Å². The fraction of sp³-hybridized carbons (Fsp3) is 0.364. The van der Waals surface area contributed by atoms with E-state index in [1.165, 1.54) is 0 Å². The number of aliphatic hydroxyl groups excluding tert-OH is 2. The first kappa shape index (κ1) is 20.0. The van der Waals surface area contributed by atoms with Crippen LogP contribution in [0.25, 0.3) is 0 Å². The molecular formula is C22H23N3O5S. The molecule has 0 bridgehead atoms. The summed E-state index contributed by atoms with van der Waals surface area (Å²) >= 11 is 5.56. The molecule has 4 N–H and O–H groups in total. The highest BCUT2D eigenvalue weighted by atomic mass is 32.1. The zero-order valence-electron chi connectivity index (χ0n) is 16.6. The highest BCUT2D eigenvalue weighted by Gasteiger charge is 2.54. The van der Waals surface area contributed by atoms with Gasteiger partial charge in [-0.25, -0.2) is 0 Å². The Balaban J connectivity index is 1.43. The van der Waals surface area contributed by atoms with Gasteiger partial charge >= 0.3 is 0 Å². The van der Waals surface area contributed by atoms with Gasteiger partial charge in [-0.05, 0) is 36.3 Å². The highest BCUT2D eigenvalue weighted by Crippen LogP contribution is 2.41. The predicted octanol–water partition coefficient (Wildman–Crippen LogP) is 0.905. The number of ether oxygens (including phenoxy) is 2. The molecule has 2 aromatic carbocycles. The second kappa shape index (κ2) is 7.99. The maximum atomic E-state index is 13.2. The SMILES string of the molecule is O=C(NCc1ccccc1)[C@@H]1C[C@@H](O)[C@H](O)[C@@H]2NC(=S)N(c3ccc4c(c3)OCO4)[C@@H]21. The average Bonchev–Trinajstić information content (AvgIpc) is 3.39. The summed E-state index contributed by atoms with van der Waals surface area (Å²) in [6.45, 7) is 0.539. The van der Waals surface area contributed by atoms with Gasteiger partial charge in [0.25, 0.3) is 0 Å². The van der Waals surface area contributed by atoms with Gasteiger partial charge in [0.2, 0.25) is 12.7 Å². The first-order chi connectivity index (χ1) is 15.0. The number of amides is 1. The van der Waals surface area contributed by atoms with Crippen LogP contribution >= 0.6 is 12.2 Å². The molecule has 1 saturated heterocycles. The summed E-state index contributed by atoms with van der Waals surface area (Å²) in [5.41, 5.74) is 1.72. The number of fused-ring (bicyclic) bond motifs is 2. The lowest BCUT2D eigenvalue weighted by molar-refractivity contribution is -0.131. The van der Waals surface area contributed by atoms with Gasteiger partial charge in [0, 0.05) is 18.3 Å². The molecule has 31 heavy (non-hydrogen) atoms. The molecule has 2 fully saturated rings. The van der Waals surface area contributed by atoms with Gasteiger partial charge in [-0.3, -0.25) is 4.79 Å². The Bertz CT molecular complexity index is 1000. The van der Waals surface area contributed by atoms with Crippen molar-refractivity contribution < 1.29 is 24.5 Å². The smallest absolute Gasteiger partial charge is 0.231 e. The third kappa shape index (κ3) is 3.58. The molecule has 8 nitrogen and oxygen atoms in total. The quantitative estimate of drug-likeness (QED) is 0.519. The second-order valence-electron chi connectivity index (χ2n) is 7.98. The topological polar surface area (TPSA) is 103 Å². The number of thiocarbonyl (C=S) groups is 1. The standard InChI is InChI=1S/C22H23N3O5S/c26-15-9-14(21(28)23-10-12-4-2-1-3-5-12)19-18(20(15)27)24-22(31)25(19)13-6-7-16-17(8-13)30-11-29-16/h1-8,14-15,18-20,26-27H,9-11H2,(H,23,28)(H,24,31)/t14-,15-,18-,19-,20+/m1/s1. The van der Waals surface area contributed by atoms with E-state index in [2.05, 4.69) is 10.6 Å². The molecule has 9 heteroatoms. The number of aliphatic hydroxyl groups is 2. The van der Waals surface area contributed by atoms with Gasteiger partial charge in [-0.15, -0.1) is 0 Å². The van der Waals surface area contributed by atoms with Crippen molar-refractivity contribution in [2.75, 3.05) is 11.7 Å². The van der Waals surface area contributed by atoms with Crippen LogP contribution < -0.4 is 25.0 Å². The lowest BCUT2D eigenvalue weighted by Gasteiger charge is -2.41. The summed E-state index contributed by atoms with van der Waals surface area (Å²) in [5, 5.41) is 27.5. The molecule has 0 aromatic heterocycles. The average molecular weight is 442 g/mol. The van der Waals surface area contributed by atoms with Gasteiger partial charge in [-0.2, -0.15) is 0 Å². The zero-order valence-corrected chi connectivity index (χ0v) is 17.4. The van der Waals surface area contributed by atoms with Gasteiger partial charge < -0.3 is 35.2 Å². The van der Waals surface area contributed by atoms with Crippen LogP contribution in [0, 0.1) is 5.92 Å². The van der Waals surface area contributed by atoms with Crippen LogP contribution in [0.1, 0.15) is 12.0 Å². The first-order valence-corrected chi connectivity index (χ1v) is 10.6. The molecule has 1 aliphatic carbocycles. The van der Waals surface area contributed by atoms with E-state index in [0.717, 1.165) is 11.3 Å². The van der Waals surface area contributed by atoms with Crippen LogP contribution in [-0.2, 0) is 11.3 Å². The summed E-state index contributed by atoms with van der Waals surface area (Å²) in [4.78, 5) is 15.0. The molecule has 0 radical (unpaired) electrons. The fourth-order valence-corrected chi connectivity index (χ4v) is 4.96. The molecule has 5 atom stereocenters. The molecule has 5 rings (SSSR count). The predicted molar refractivity (Wildman–Crippen MR) is 117 cm³/mol. The summed E-state index contributed by atoms with van der Waals surface area (Å²) < 4.78 is 10.9. The van der Waals surface area contributed by atoms with Gasteiger partial charge in [0.15, 0.2) is 16.6 Å². The van der Waals surface area contributed by atoms with E-state index in [4.69, 9.17) is 21.7 Å². The number of hydrogen-bond acceptors (Lipinski definition) is 6. The monoisotopic (exact) mass is 441 g/mol. The molecule has 0 unspecified atom stereocenters. The van der Waals surface area contributed by atoms with Gasteiger partial charge in [0.1, 0.15) is 6.10 Å². The Morgan fingerprint density at radius 1 is 1.16 bits per heavy atom. The number of hydrogen-bond donors (Lipinski definition) is 4. The van der Waals surface area contributed by atoms with Crippen molar-refractivity contribution in [2.45, 2.75) is 37.3 Å². The van der Waals surface area contributed by atoms with Gasteiger partial charge in [0.05, 0.1) is 24.1 Å². The lowest BCUT2D eigenvalue weighted by atomic mass is 9.77. The molecule has 3 aliphatic rings. The summed E-state index contributed by atoms with van der Waals surface area (Å²) in [6.07, 6.45) is -1.94. The molecule has 2 heterocycles. The van der Waals surface area contributed by atoms with Crippen molar-refractivity contribution >= 4 is 28.9 Å². The Morgan fingerprint density at radius 2 is 1.94 bits per heavy atom. The van der Waals surface area contributed by atoms with E-state index in [0.29, 0.717) is 23.2 Å². The first-order valence-electron chi connectivity index (χ1n) is 10.2. The minimum Gasteiger partial charge on any atom is -0.454 e. The fourth-order valence-electron chi connectivity index (χ4n) is 4.59. The van der Waals surface area contributed by atoms with Gasteiger partial charge in [-0.1, -0.05) is 30.3 Å². The number of rotatable bonds is 4. The number of carbonyl (C=O) groups is 1. The van der Waals surface area contributed by atoms with Crippen molar-refractivity contribution in [3.63, 3.8) is 0 Å². The van der Waals surface area contributed by atoms with Crippen LogP contribution in [0.15, 0.2) is 48.5 Å². The van der Waals surface area contributed by atoms with Crippen LogP contribution in [0.4, 0.5) is 5.69 Å². The van der Waals surface area contributed by atoms with Crippen LogP contribution in [-0.4, -0.2) is 52.3 Å². The normalized spacial score (nSPS) is 28.8. The van der Waals surface area contributed by atoms with E-state index in [-0.39, 0.29) is 19.1 Å². The Kier molecular flexibility index (Phi) is 5.17. The molecule has 2 aromatic rings. The molecule has 1 amide bonds. The lowest BCUT2D eigenvalue weighted by Crippen LogP contribution is -2.60. The molecule has 1 saturated carbocycles. The van der Waals surface area contributed by atoms with Crippen molar-refractivity contribution in [2.24, 2.45) is 5.92 Å². The largest absolute Gasteiger partial charge is 0.454 e. The Morgan fingerprint density at radius 3 is 2.74 bits per heavy atom. The Hall–Kier alpha value is -2.88.